The summed E-state index contributed by atoms with van der Waals surface area (Å²) in [6.07, 6.45) is 0.0477. The van der Waals surface area contributed by atoms with E-state index in [2.05, 4.69) is 19.2 Å². The van der Waals surface area contributed by atoms with Gasteiger partial charge in [-0.05, 0) is 19.4 Å². The fourth-order valence-electron chi connectivity index (χ4n) is 1.97. The van der Waals surface area contributed by atoms with Crippen molar-refractivity contribution < 1.29 is 18.9 Å². The molecule has 0 aliphatic heterocycles. The second-order valence-electron chi connectivity index (χ2n) is 5.34. The quantitative estimate of drug-likeness (QED) is 0.759. The first-order valence-electron chi connectivity index (χ1n) is 7.19. The van der Waals surface area contributed by atoms with Crippen molar-refractivity contribution in [2.24, 2.45) is 5.92 Å². The van der Waals surface area contributed by atoms with Gasteiger partial charge in [0.2, 0.25) is 5.75 Å². The van der Waals surface area contributed by atoms with Crippen LogP contribution in [0.2, 0.25) is 0 Å². The lowest BCUT2D eigenvalue weighted by molar-refractivity contribution is 0.212. The van der Waals surface area contributed by atoms with Gasteiger partial charge in [0, 0.05) is 18.7 Å². The van der Waals surface area contributed by atoms with Crippen LogP contribution in [0.3, 0.4) is 0 Å². The van der Waals surface area contributed by atoms with Crippen LogP contribution in [0.15, 0.2) is 12.1 Å². The third-order valence-corrected chi connectivity index (χ3v) is 2.96. The molecule has 21 heavy (non-hydrogen) atoms. The zero-order valence-corrected chi connectivity index (χ0v) is 13.9. The van der Waals surface area contributed by atoms with Gasteiger partial charge in [0.25, 0.3) is 0 Å². The normalized spacial score (nSPS) is 12.1. The number of hydrogen-bond donors (Lipinski definition) is 1. The Morgan fingerprint density at radius 3 is 1.90 bits per heavy atom. The molecule has 0 fully saturated rings. The third kappa shape index (κ3) is 5.34. The van der Waals surface area contributed by atoms with Crippen LogP contribution in [-0.4, -0.2) is 40.5 Å². The molecule has 1 aromatic carbocycles. The Morgan fingerprint density at radius 2 is 1.48 bits per heavy atom. The summed E-state index contributed by atoms with van der Waals surface area (Å²) >= 11 is 0. The van der Waals surface area contributed by atoms with Crippen molar-refractivity contribution in [1.29, 1.82) is 0 Å². The standard InChI is InChI=1S/C16H27NO4/c1-11(2)9-17-10-12(3)21-13-7-14(18-4)16(20-6)15(8-13)19-5/h7-8,11-12,17H,9-10H2,1-6H3. The molecule has 1 N–H and O–H groups in total. The Balaban J connectivity index is 2.74. The number of hydrogen-bond acceptors (Lipinski definition) is 5. The molecule has 0 spiro atoms. The van der Waals surface area contributed by atoms with Crippen molar-refractivity contribution in [2.75, 3.05) is 34.4 Å². The van der Waals surface area contributed by atoms with Crippen LogP contribution in [0, 0.1) is 5.92 Å². The molecule has 0 heterocycles. The minimum atomic E-state index is 0.0477. The van der Waals surface area contributed by atoms with E-state index in [1.807, 2.05) is 6.92 Å². The molecule has 0 radical (unpaired) electrons. The van der Waals surface area contributed by atoms with Crippen LogP contribution in [0.25, 0.3) is 0 Å². The van der Waals surface area contributed by atoms with Crippen LogP contribution in [0.1, 0.15) is 20.8 Å². The first-order valence-corrected chi connectivity index (χ1v) is 7.19. The van der Waals surface area contributed by atoms with E-state index in [0.29, 0.717) is 28.9 Å². The van der Waals surface area contributed by atoms with Crippen LogP contribution < -0.4 is 24.3 Å². The summed E-state index contributed by atoms with van der Waals surface area (Å²) in [5.74, 6) is 3.07. The summed E-state index contributed by atoms with van der Waals surface area (Å²) in [6, 6.07) is 3.61. The van der Waals surface area contributed by atoms with Gasteiger partial charge in [-0.25, -0.2) is 0 Å². The molecule has 0 saturated heterocycles. The Kier molecular flexibility index (Phi) is 7.15. The van der Waals surface area contributed by atoms with Crippen molar-refractivity contribution in [3.8, 4) is 23.0 Å². The highest BCUT2D eigenvalue weighted by atomic mass is 16.5. The zero-order chi connectivity index (χ0) is 15.8. The molecule has 1 rings (SSSR count). The first-order chi connectivity index (χ1) is 10.0. The van der Waals surface area contributed by atoms with Gasteiger partial charge < -0.3 is 24.3 Å². The molecule has 1 aromatic rings. The fraction of sp³-hybridized carbons (Fsp3) is 0.625. The van der Waals surface area contributed by atoms with E-state index < -0.39 is 0 Å². The van der Waals surface area contributed by atoms with Crippen molar-refractivity contribution >= 4 is 0 Å². The number of rotatable bonds is 9. The smallest absolute Gasteiger partial charge is 0.203 e. The lowest BCUT2D eigenvalue weighted by Crippen LogP contribution is -2.31. The number of benzene rings is 1. The molecule has 0 aliphatic rings. The van der Waals surface area contributed by atoms with Crippen molar-refractivity contribution in [2.45, 2.75) is 26.9 Å². The van der Waals surface area contributed by atoms with Gasteiger partial charge in [0.1, 0.15) is 11.9 Å². The maximum absolute atomic E-state index is 5.90. The number of ether oxygens (including phenoxy) is 4. The highest BCUT2D eigenvalue weighted by Crippen LogP contribution is 2.40. The summed E-state index contributed by atoms with van der Waals surface area (Å²) in [5, 5.41) is 3.37. The minimum Gasteiger partial charge on any atom is -0.493 e. The van der Waals surface area contributed by atoms with Gasteiger partial charge in [-0.1, -0.05) is 13.8 Å². The molecule has 0 aliphatic carbocycles. The predicted molar refractivity (Wildman–Crippen MR) is 83.9 cm³/mol. The zero-order valence-electron chi connectivity index (χ0n) is 13.9. The van der Waals surface area contributed by atoms with Gasteiger partial charge in [0.15, 0.2) is 11.5 Å². The number of nitrogens with one attached hydrogen (secondary N) is 1. The average Bonchev–Trinajstić information content (AvgIpc) is 2.45. The summed E-state index contributed by atoms with van der Waals surface area (Å²) in [4.78, 5) is 0. The maximum atomic E-state index is 5.90. The van der Waals surface area contributed by atoms with Crippen molar-refractivity contribution in [3.63, 3.8) is 0 Å². The minimum absolute atomic E-state index is 0.0477. The number of methoxy groups -OCH3 is 3. The topological polar surface area (TPSA) is 49.0 Å². The largest absolute Gasteiger partial charge is 0.493 e. The van der Waals surface area contributed by atoms with Crippen LogP contribution in [0.5, 0.6) is 23.0 Å². The summed E-state index contributed by atoms with van der Waals surface area (Å²) in [5.41, 5.74) is 0. The van der Waals surface area contributed by atoms with E-state index in [1.54, 1.807) is 33.5 Å². The van der Waals surface area contributed by atoms with E-state index in [-0.39, 0.29) is 6.10 Å². The summed E-state index contributed by atoms with van der Waals surface area (Å²) in [7, 11) is 4.77. The van der Waals surface area contributed by atoms with Gasteiger partial charge in [0.05, 0.1) is 21.3 Å². The average molecular weight is 297 g/mol. The van der Waals surface area contributed by atoms with Crippen LogP contribution >= 0.6 is 0 Å². The molecular weight excluding hydrogens is 270 g/mol. The maximum Gasteiger partial charge on any atom is 0.203 e. The van der Waals surface area contributed by atoms with Crippen LogP contribution in [0.4, 0.5) is 0 Å². The molecule has 120 valence electrons. The van der Waals surface area contributed by atoms with E-state index in [4.69, 9.17) is 18.9 Å². The Bertz CT molecular complexity index is 409. The lowest BCUT2D eigenvalue weighted by Gasteiger charge is -2.19. The Morgan fingerprint density at radius 1 is 0.905 bits per heavy atom. The highest BCUT2D eigenvalue weighted by molar-refractivity contribution is 5.55. The Labute approximate surface area is 127 Å². The van der Waals surface area contributed by atoms with Crippen LogP contribution in [-0.2, 0) is 0 Å². The third-order valence-electron chi connectivity index (χ3n) is 2.96. The molecule has 5 nitrogen and oxygen atoms in total. The lowest BCUT2D eigenvalue weighted by atomic mass is 10.2. The second-order valence-corrected chi connectivity index (χ2v) is 5.34. The summed E-state index contributed by atoms with van der Waals surface area (Å²) in [6.45, 7) is 8.14. The molecule has 1 unspecified atom stereocenters. The molecule has 0 bridgehead atoms. The second kappa shape index (κ2) is 8.62. The fourth-order valence-corrected chi connectivity index (χ4v) is 1.97. The molecule has 0 amide bonds. The summed E-state index contributed by atoms with van der Waals surface area (Å²) < 4.78 is 21.8. The van der Waals surface area contributed by atoms with Gasteiger partial charge in [-0.15, -0.1) is 0 Å². The molecule has 1 atom stereocenters. The van der Waals surface area contributed by atoms with E-state index >= 15 is 0 Å². The monoisotopic (exact) mass is 297 g/mol. The van der Waals surface area contributed by atoms with Gasteiger partial charge in [-0.3, -0.25) is 0 Å². The molecule has 5 heteroatoms. The highest BCUT2D eigenvalue weighted by Gasteiger charge is 2.15. The van der Waals surface area contributed by atoms with Gasteiger partial charge >= 0.3 is 0 Å². The molecule has 0 aromatic heterocycles. The van der Waals surface area contributed by atoms with E-state index in [9.17, 15) is 0 Å². The van der Waals surface area contributed by atoms with Crippen molar-refractivity contribution in [3.05, 3.63) is 12.1 Å². The SMILES string of the molecule is COc1cc(OC(C)CNCC(C)C)cc(OC)c1OC. The first kappa shape index (κ1) is 17.4. The molecular formula is C16H27NO4. The van der Waals surface area contributed by atoms with E-state index in [0.717, 1.165) is 13.1 Å². The van der Waals surface area contributed by atoms with Crippen molar-refractivity contribution in [1.82, 2.24) is 5.32 Å². The van der Waals surface area contributed by atoms with E-state index in [1.165, 1.54) is 0 Å². The van der Waals surface area contributed by atoms with Gasteiger partial charge in [-0.2, -0.15) is 0 Å². The predicted octanol–water partition coefficient (Wildman–Crippen LogP) is 2.73. The molecule has 0 saturated carbocycles. The Hall–Kier alpha value is -1.62.